The van der Waals surface area contributed by atoms with Crippen molar-refractivity contribution in [3.05, 3.63) is 69.4 Å². The second kappa shape index (κ2) is 8.44. The highest BCUT2D eigenvalue weighted by molar-refractivity contribution is 5.85. The van der Waals surface area contributed by atoms with Gasteiger partial charge in [-0.1, -0.05) is 18.2 Å². The molecule has 0 radical (unpaired) electrons. The molecule has 1 saturated heterocycles. The van der Waals surface area contributed by atoms with Crippen LogP contribution in [0.5, 0.6) is 0 Å². The number of hydrogen-bond donors (Lipinski definition) is 2. The third-order valence-electron chi connectivity index (χ3n) is 7.18. The molecular formula is C25H30N4O4. The Labute approximate surface area is 192 Å². The molecule has 1 amide bonds. The van der Waals surface area contributed by atoms with Crippen LogP contribution in [0.1, 0.15) is 49.9 Å². The molecule has 0 aliphatic carbocycles. The van der Waals surface area contributed by atoms with Crippen LogP contribution in [0.2, 0.25) is 0 Å². The Balaban J connectivity index is 1.32. The first-order valence-electron chi connectivity index (χ1n) is 11.7. The number of carbonyl (C=O) groups is 1. The molecule has 174 valence electrons. The summed E-state index contributed by atoms with van der Waals surface area (Å²) in [5.41, 5.74) is 2.62. The van der Waals surface area contributed by atoms with Gasteiger partial charge in [0.05, 0.1) is 0 Å². The zero-order valence-electron chi connectivity index (χ0n) is 19.0. The number of quaternary nitrogens is 1. The molecule has 3 aromatic rings. The number of para-hydroxylation sites is 1. The van der Waals surface area contributed by atoms with Gasteiger partial charge in [0.25, 0.3) is 0 Å². The highest BCUT2D eigenvalue weighted by Crippen LogP contribution is 2.35. The molecule has 0 saturated carbocycles. The fourth-order valence-corrected chi connectivity index (χ4v) is 5.62. The average Bonchev–Trinajstić information content (AvgIpc) is 3.17. The molecule has 1 aromatic carbocycles. The van der Waals surface area contributed by atoms with E-state index in [1.54, 1.807) is 10.6 Å². The minimum absolute atomic E-state index is 0.0693. The summed E-state index contributed by atoms with van der Waals surface area (Å²) in [6, 6.07) is 11.8. The largest absolute Gasteiger partial charge is 0.595 e. The topological polar surface area (TPSA) is 95.0 Å². The Morgan fingerprint density at radius 1 is 1.18 bits per heavy atom. The number of nitrogens with zero attached hydrogens (tertiary/aromatic N) is 3. The first-order valence-corrected chi connectivity index (χ1v) is 11.7. The van der Waals surface area contributed by atoms with E-state index in [-0.39, 0.29) is 23.4 Å². The van der Waals surface area contributed by atoms with Crippen LogP contribution in [0.25, 0.3) is 10.9 Å². The molecule has 33 heavy (non-hydrogen) atoms. The smallest absolute Gasteiger partial charge is 0.315 e. The molecule has 2 aromatic heterocycles. The van der Waals surface area contributed by atoms with E-state index in [9.17, 15) is 20.0 Å². The molecule has 2 bridgehead atoms. The number of rotatable bonds is 5. The lowest BCUT2D eigenvalue weighted by atomic mass is 9.83. The van der Waals surface area contributed by atoms with Crippen LogP contribution >= 0.6 is 0 Å². The minimum Gasteiger partial charge on any atom is -0.595 e. The Morgan fingerprint density at radius 2 is 1.97 bits per heavy atom. The first kappa shape index (κ1) is 21.9. The highest BCUT2D eigenvalue weighted by Gasteiger charge is 2.37. The van der Waals surface area contributed by atoms with E-state index < -0.39 is 10.8 Å². The maximum atomic E-state index is 13.2. The number of hydrogen-bond acceptors (Lipinski definition) is 4. The molecule has 8 nitrogen and oxygen atoms in total. The predicted molar refractivity (Wildman–Crippen MR) is 125 cm³/mol. The summed E-state index contributed by atoms with van der Waals surface area (Å²) in [7, 11) is 0. The molecule has 5 rings (SSSR count). The summed E-state index contributed by atoms with van der Waals surface area (Å²) in [5.74, 6) is 0.383. The lowest BCUT2D eigenvalue weighted by molar-refractivity contribution is -0.992. The number of aromatic nitrogens is 2. The molecule has 1 fully saturated rings. The Hall–Kier alpha value is -2.94. The van der Waals surface area contributed by atoms with E-state index in [1.165, 1.54) is 22.5 Å². The number of aryl methyl sites for hydroxylation is 1. The zero-order valence-corrected chi connectivity index (χ0v) is 19.0. The maximum absolute atomic E-state index is 13.2. The third kappa shape index (κ3) is 3.88. The minimum atomic E-state index is -1.19. The molecule has 2 aliphatic rings. The SMILES string of the molecule is CC(C)n1cc(CCC(=O)N2C[C@@H]3C[C@@H](C2)c2ccc([NH+]([O-])O)c(=O)n2C3)c2ccccc21. The number of carbonyl (C=O) groups excluding carboxylic acids is 1. The number of fused-ring (bicyclic) bond motifs is 5. The van der Waals surface area contributed by atoms with Gasteiger partial charge in [-0.3, -0.25) is 9.59 Å². The van der Waals surface area contributed by atoms with Gasteiger partial charge in [-0.15, -0.1) is 0 Å². The quantitative estimate of drug-likeness (QED) is 0.584. The van der Waals surface area contributed by atoms with Crippen molar-refractivity contribution in [3.63, 3.8) is 0 Å². The fourth-order valence-electron chi connectivity index (χ4n) is 5.62. The van der Waals surface area contributed by atoms with Crippen molar-refractivity contribution in [1.82, 2.24) is 14.0 Å². The predicted octanol–water partition coefficient (Wildman–Crippen LogP) is 2.37. The Morgan fingerprint density at radius 3 is 2.73 bits per heavy atom. The first-order chi connectivity index (χ1) is 15.8. The van der Waals surface area contributed by atoms with Crippen molar-refractivity contribution in [2.24, 2.45) is 5.92 Å². The number of nitrogens with one attached hydrogen (secondary N) is 1. The number of pyridine rings is 1. The third-order valence-corrected chi connectivity index (χ3v) is 7.18. The van der Waals surface area contributed by atoms with Crippen molar-refractivity contribution in [2.75, 3.05) is 13.1 Å². The Kier molecular flexibility index (Phi) is 5.60. The summed E-state index contributed by atoms with van der Waals surface area (Å²) in [5, 5.41) is 20.6. The fraction of sp³-hybridized carbons (Fsp3) is 0.440. The number of piperidine rings is 1. The van der Waals surface area contributed by atoms with Gasteiger partial charge in [-0.05, 0) is 50.3 Å². The van der Waals surface area contributed by atoms with E-state index >= 15 is 0 Å². The zero-order chi connectivity index (χ0) is 23.3. The number of amides is 1. The van der Waals surface area contributed by atoms with Crippen LogP contribution < -0.4 is 10.8 Å². The standard InChI is InChI=1S/C25H30N4O4/c1-16(2)27-15-18(20-5-3-4-6-22(20)27)7-10-24(30)26-12-17-11-19(14-26)21-8-9-23(29(32)33)25(31)28(21)13-17/h3-6,8-9,15-17,19,29,32H,7,10-14H2,1-2H3/t17-,19-/m0/s1. The summed E-state index contributed by atoms with van der Waals surface area (Å²) >= 11 is 0. The van der Waals surface area contributed by atoms with E-state index in [1.807, 2.05) is 17.0 Å². The van der Waals surface area contributed by atoms with Crippen LogP contribution in [-0.2, 0) is 17.8 Å². The normalized spacial score (nSPS) is 20.8. The van der Waals surface area contributed by atoms with Crippen molar-refractivity contribution < 1.29 is 15.2 Å². The molecule has 3 atom stereocenters. The van der Waals surface area contributed by atoms with Gasteiger partial charge in [0.1, 0.15) is 0 Å². The van der Waals surface area contributed by atoms with E-state index in [0.29, 0.717) is 38.5 Å². The Bertz CT molecular complexity index is 1260. The number of likely N-dealkylation sites (tertiary alicyclic amines) is 1. The van der Waals surface area contributed by atoms with Crippen molar-refractivity contribution >= 4 is 22.5 Å². The monoisotopic (exact) mass is 450 g/mol. The molecule has 0 spiro atoms. The lowest BCUT2D eigenvalue weighted by Gasteiger charge is -2.43. The molecule has 2 N–H and O–H groups in total. The highest BCUT2D eigenvalue weighted by atomic mass is 16.8. The molecule has 4 heterocycles. The number of benzene rings is 1. The summed E-state index contributed by atoms with van der Waals surface area (Å²) in [4.78, 5) is 27.7. The van der Waals surface area contributed by atoms with Crippen LogP contribution in [-0.4, -0.2) is 38.2 Å². The van der Waals surface area contributed by atoms with Gasteiger partial charge in [0.15, 0.2) is 0 Å². The molecular weight excluding hydrogens is 420 g/mol. The van der Waals surface area contributed by atoms with Gasteiger partial charge in [0, 0.05) is 66.9 Å². The van der Waals surface area contributed by atoms with Crippen LogP contribution in [0.4, 0.5) is 5.69 Å². The molecule has 1 unspecified atom stereocenters. The lowest BCUT2D eigenvalue weighted by Crippen LogP contribution is -3.00. The van der Waals surface area contributed by atoms with E-state index in [2.05, 4.69) is 36.7 Å². The van der Waals surface area contributed by atoms with Gasteiger partial charge in [-0.25, -0.2) is 5.21 Å². The summed E-state index contributed by atoms with van der Waals surface area (Å²) in [6.45, 7) is 5.99. The molecule has 2 aliphatic heterocycles. The van der Waals surface area contributed by atoms with E-state index in [4.69, 9.17) is 0 Å². The van der Waals surface area contributed by atoms with Crippen molar-refractivity contribution in [2.45, 2.75) is 51.6 Å². The van der Waals surface area contributed by atoms with Crippen molar-refractivity contribution in [3.8, 4) is 0 Å². The van der Waals surface area contributed by atoms with Gasteiger partial charge in [0.2, 0.25) is 11.6 Å². The van der Waals surface area contributed by atoms with Crippen LogP contribution in [0.15, 0.2) is 47.4 Å². The van der Waals surface area contributed by atoms with Gasteiger partial charge >= 0.3 is 5.56 Å². The van der Waals surface area contributed by atoms with Crippen LogP contribution in [0.3, 0.4) is 0 Å². The van der Waals surface area contributed by atoms with Crippen LogP contribution in [0, 0.1) is 11.1 Å². The van der Waals surface area contributed by atoms with Gasteiger partial charge in [-0.2, -0.15) is 5.23 Å². The second-order valence-corrected chi connectivity index (χ2v) is 9.66. The van der Waals surface area contributed by atoms with E-state index in [0.717, 1.165) is 12.1 Å². The summed E-state index contributed by atoms with van der Waals surface area (Å²) < 4.78 is 3.88. The summed E-state index contributed by atoms with van der Waals surface area (Å²) in [6.07, 6.45) is 4.26. The maximum Gasteiger partial charge on any atom is 0.315 e. The van der Waals surface area contributed by atoms with Crippen molar-refractivity contribution in [1.29, 1.82) is 0 Å². The van der Waals surface area contributed by atoms with Gasteiger partial charge < -0.3 is 19.2 Å². The average molecular weight is 451 g/mol. The molecule has 8 heteroatoms. The second-order valence-electron chi connectivity index (χ2n) is 9.66.